The van der Waals surface area contributed by atoms with E-state index in [1.54, 1.807) is 47.5 Å². The molecule has 1 fully saturated rings. The summed E-state index contributed by atoms with van der Waals surface area (Å²) in [6.07, 6.45) is 4.42. The van der Waals surface area contributed by atoms with Gasteiger partial charge in [0.2, 0.25) is 12.4 Å². The number of nitrogens with zero attached hydrogens (tertiary/aromatic N) is 3. The van der Waals surface area contributed by atoms with Crippen LogP contribution in [0.5, 0.6) is 0 Å². The zero-order valence-electron chi connectivity index (χ0n) is 16.7. The summed E-state index contributed by atoms with van der Waals surface area (Å²) in [5, 5.41) is 0.818. The highest BCUT2D eigenvalue weighted by Crippen LogP contribution is 2.33. The molecule has 1 amide bonds. The molecule has 0 aliphatic heterocycles. The van der Waals surface area contributed by atoms with E-state index in [1.807, 2.05) is 6.07 Å². The quantitative estimate of drug-likeness (QED) is 0.359. The number of hydrogen-bond donors (Lipinski definition) is 2. The number of aromatic amines is 1. The molecule has 8 nitrogen and oxygen atoms in total. The van der Waals surface area contributed by atoms with Gasteiger partial charge in [0.25, 0.3) is 10.0 Å². The summed E-state index contributed by atoms with van der Waals surface area (Å²) in [5.74, 6) is 0.354. The molecule has 1 aliphatic carbocycles. The molecule has 10 heteroatoms. The maximum atomic E-state index is 12.6. The first-order valence-electron chi connectivity index (χ1n) is 9.92. The largest absolute Gasteiger partial charge is 0.346 e. The number of nitrogens with one attached hydrogen (secondary N) is 2. The number of sulfonamides is 1. The molecular formula is C22H18BrN5O3S. The molecule has 2 aromatic heterocycles. The van der Waals surface area contributed by atoms with Gasteiger partial charge in [0.05, 0.1) is 10.6 Å². The first-order chi connectivity index (χ1) is 15.4. The van der Waals surface area contributed by atoms with Crippen molar-refractivity contribution >= 4 is 55.0 Å². The topological polar surface area (TPSA) is 108 Å². The number of aromatic nitrogens is 3. The molecule has 4 aromatic rings. The Labute approximate surface area is 192 Å². The lowest BCUT2D eigenvalue weighted by atomic mass is 10.1. The minimum absolute atomic E-state index is 0.142. The maximum Gasteiger partial charge on any atom is 0.261 e. The van der Waals surface area contributed by atoms with Crippen LogP contribution in [0.15, 0.2) is 70.2 Å². The fraction of sp³-hybridized carbons (Fsp3) is 0.136. The van der Waals surface area contributed by atoms with Crippen LogP contribution in [0.3, 0.4) is 0 Å². The number of carbonyl (C=O) groups excluding carboxylic acids is 1. The van der Waals surface area contributed by atoms with Crippen molar-refractivity contribution in [2.45, 2.75) is 23.8 Å². The van der Waals surface area contributed by atoms with Gasteiger partial charge < -0.3 is 4.98 Å². The first-order valence-corrected chi connectivity index (χ1v) is 12.2. The fourth-order valence-corrected chi connectivity index (χ4v) is 4.76. The summed E-state index contributed by atoms with van der Waals surface area (Å²) in [5.41, 5.74) is 2.52. The average Bonchev–Trinajstić information content (AvgIpc) is 3.50. The van der Waals surface area contributed by atoms with Gasteiger partial charge in [0.15, 0.2) is 0 Å². The van der Waals surface area contributed by atoms with Crippen LogP contribution < -0.4 is 9.62 Å². The van der Waals surface area contributed by atoms with E-state index in [0.717, 1.165) is 34.7 Å². The van der Waals surface area contributed by atoms with Crippen molar-refractivity contribution in [3.63, 3.8) is 0 Å². The highest BCUT2D eigenvalue weighted by molar-refractivity contribution is 9.10. The number of rotatable bonds is 7. The SMILES string of the molecule is O=CN(c1nc(-c2ccc(NS(=O)(=O)c3ccc(Br)cc3)cc2)c2cc[nH]c2n1)C1CC1. The molecule has 2 heterocycles. The molecule has 5 rings (SSSR count). The van der Waals surface area contributed by atoms with Crippen LogP contribution in [0.2, 0.25) is 0 Å². The maximum absolute atomic E-state index is 12.6. The van der Waals surface area contributed by atoms with Crippen LogP contribution in [0, 0.1) is 0 Å². The van der Waals surface area contributed by atoms with Gasteiger partial charge in [-0.1, -0.05) is 28.1 Å². The van der Waals surface area contributed by atoms with Crippen LogP contribution in [-0.2, 0) is 14.8 Å². The lowest BCUT2D eigenvalue weighted by Crippen LogP contribution is -2.25. The second kappa shape index (κ2) is 8.03. The summed E-state index contributed by atoms with van der Waals surface area (Å²) in [6.45, 7) is 0. The van der Waals surface area contributed by atoms with E-state index in [4.69, 9.17) is 0 Å². The highest BCUT2D eigenvalue weighted by atomic mass is 79.9. The van der Waals surface area contributed by atoms with Crippen molar-refractivity contribution in [3.8, 4) is 11.3 Å². The Hall–Kier alpha value is -3.24. The van der Waals surface area contributed by atoms with Gasteiger partial charge in [-0.05, 0) is 55.3 Å². The summed E-state index contributed by atoms with van der Waals surface area (Å²) in [7, 11) is -3.70. The monoisotopic (exact) mass is 511 g/mol. The molecule has 0 spiro atoms. The highest BCUT2D eigenvalue weighted by Gasteiger charge is 2.31. The Morgan fingerprint density at radius 3 is 2.41 bits per heavy atom. The van der Waals surface area contributed by atoms with E-state index in [0.29, 0.717) is 23.0 Å². The minimum Gasteiger partial charge on any atom is -0.346 e. The van der Waals surface area contributed by atoms with Gasteiger partial charge in [-0.15, -0.1) is 0 Å². The molecular weight excluding hydrogens is 494 g/mol. The number of carbonyl (C=O) groups is 1. The Morgan fingerprint density at radius 1 is 1.03 bits per heavy atom. The van der Waals surface area contributed by atoms with Crippen molar-refractivity contribution in [1.29, 1.82) is 0 Å². The number of hydrogen-bond acceptors (Lipinski definition) is 5. The third-order valence-corrected chi connectivity index (χ3v) is 7.15. The lowest BCUT2D eigenvalue weighted by molar-refractivity contribution is -0.107. The Balaban J connectivity index is 1.47. The molecule has 0 atom stereocenters. The summed E-state index contributed by atoms with van der Waals surface area (Å²) < 4.78 is 28.7. The van der Waals surface area contributed by atoms with Gasteiger partial charge in [-0.25, -0.2) is 13.4 Å². The van der Waals surface area contributed by atoms with E-state index in [1.165, 1.54) is 12.1 Å². The molecule has 32 heavy (non-hydrogen) atoms. The second-order valence-electron chi connectivity index (χ2n) is 7.49. The van der Waals surface area contributed by atoms with Crippen molar-refractivity contribution in [2.24, 2.45) is 0 Å². The van der Waals surface area contributed by atoms with E-state index in [2.05, 4.69) is 35.6 Å². The van der Waals surface area contributed by atoms with E-state index in [9.17, 15) is 13.2 Å². The van der Waals surface area contributed by atoms with Crippen molar-refractivity contribution in [2.75, 3.05) is 9.62 Å². The number of anilines is 2. The molecule has 1 aliphatic rings. The zero-order valence-corrected chi connectivity index (χ0v) is 19.1. The van der Waals surface area contributed by atoms with Gasteiger partial charge in [0.1, 0.15) is 5.65 Å². The van der Waals surface area contributed by atoms with Crippen molar-refractivity contribution in [3.05, 3.63) is 65.3 Å². The standard InChI is InChI=1S/C22H18BrN5O3S/c23-15-3-9-18(10-4-15)32(30,31)27-16-5-1-14(2-6-16)20-19-11-12-24-21(19)26-22(25-20)28(13-29)17-7-8-17/h1-6,9-13,17,27H,7-8H2,(H,24,25,26). The number of amides is 1. The smallest absolute Gasteiger partial charge is 0.261 e. The third kappa shape index (κ3) is 3.98. The Bertz CT molecular complexity index is 1400. The molecule has 162 valence electrons. The number of fused-ring (bicyclic) bond motifs is 1. The second-order valence-corrected chi connectivity index (χ2v) is 10.1. The van der Waals surface area contributed by atoms with Gasteiger partial charge in [-0.2, -0.15) is 4.98 Å². The molecule has 2 N–H and O–H groups in total. The van der Waals surface area contributed by atoms with E-state index in [-0.39, 0.29) is 10.9 Å². The van der Waals surface area contributed by atoms with Crippen molar-refractivity contribution in [1.82, 2.24) is 15.0 Å². The minimum atomic E-state index is -3.70. The van der Waals surface area contributed by atoms with E-state index < -0.39 is 10.0 Å². The van der Waals surface area contributed by atoms with Gasteiger partial charge in [0, 0.05) is 33.3 Å². The van der Waals surface area contributed by atoms with Gasteiger partial charge >= 0.3 is 0 Å². The molecule has 1 saturated carbocycles. The Kier molecular flexibility index (Phi) is 5.18. The van der Waals surface area contributed by atoms with Crippen LogP contribution in [0.1, 0.15) is 12.8 Å². The van der Waals surface area contributed by atoms with Crippen LogP contribution in [0.4, 0.5) is 11.6 Å². The van der Waals surface area contributed by atoms with Crippen molar-refractivity contribution < 1.29 is 13.2 Å². The van der Waals surface area contributed by atoms with Crippen LogP contribution >= 0.6 is 15.9 Å². The van der Waals surface area contributed by atoms with Crippen LogP contribution in [-0.4, -0.2) is 35.8 Å². The van der Waals surface area contributed by atoms with E-state index >= 15 is 0 Å². The molecule has 2 aromatic carbocycles. The summed E-state index contributed by atoms with van der Waals surface area (Å²) in [4.78, 5) is 25.6. The predicted molar refractivity (Wildman–Crippen MR) is 126 cm³/mol. The normalized spacial score (nSPS) is 13.8. The lowest BCUT2D eigenvalue weighted by Gasteiger charge is -2.16. The zero-order chi connectivity index (χ0) is 22.3. The van der Waals surface area contributed by atoms with Gasteiger partial charge in [-0.3, -0.25) is 14.4 Å². The molecule has 0 bridgehead atoms. The Morgan fingerprint density at radius 2 is 1.75 bits per heavy atom. The number of H-pyrrole nitrogens is 1. The predicted octanol–water partition coefficient (Wildman–Crippen LogP) is 4.31. The van der Waals surface area contributed by atoms with Crippen LogP contribution in [0.25, 0.3) is 22.3 Å². The molecule has 0 radical (unpaired) electrons. The summed E-state index contributed by atoms with van der Waals surface area (Å²) in [6, 6.07) is 15.4. The average molecular weight is 512 g/mol. The summed E-state index contributed by atoms with van der Waals surface area (Å²) >= 11 is 3.30. The number of benzene rings is 2. The third-order valence-electron chi connectivity index (χ3n) is 5.22. The fourth-order valence-electron chi connectivity index (χ4n) is 3.44. The molecule has 0 saturated heterocycles. The molecule has 0 unspecified atom stereocenters. The number of halogens is 1. The first kappa shape index (κ1) is 20.7.